The van der Waals surface area contributed by atoms with Gasteiger partial charge in [-0.3, -0.25) is 9.59 Å². The predicted molar refractivity (Wildman–Crippen MR) is 301 cm³/mol. The summed E-state index contributed by atoms with van der Waals surface area (Å²) in [5, 5.41) is 56.8. The second-order valence-electron chi connectivity index (χ2n) is 20.4. The maximum atomic E-state index is 13.4. The van der Waals surface area contributed by atoms with Gasteiger partial charge >= 0.3 is 5.97 Å². The molecule has 1 aliphatic rings. The van der Waals surface area contributed by atoms with Crippen molar-refractivity contribution in [3.8, 4) is 0 Å². The highest BCUT2D eigenvalue weighted by molar-refractivity contribution is 5.80. The lowest BCUT2D eigenvalue weighted by atomic mass is 9.99. The quantitative estimate of drug-likeness (QED) is 0.0195. The Morgan fingerprint density at radius 1 is 0.534 bits per heavy atom. The van der Waals surface area contributed by atoms with Crippen LogP contribution in [0, 0.1) is 0 Å². The third kappa shape index (κ3) is 38.3. The molecule has 0 aromatic carbocycles. The molecule has 0 spiro atoms. The van der Waals surface area contributed by atoms with Crippen LogP contribution >= 0.6 is 0 Å². The molecule has 1 rings (SSSR count). The van der Waals surface area contributed by atoms with Gasteiger partial charge in [0.15, 0.2) is 12.4 Å². The van der Waals surface area contributed by atoms with Crippen LogP contribution in [0.25, 0.3) is 0 Å². The number of nitrogens with one attached hydrogen (secondary N) is 1. The minimum absolute atomic E-state index is 0.0147. The fourth-order valence-corrected chi connectivity index (χ4v) is 8.83. The van der Waals surface area contributed by atoms with Crippen LogP contribution in [-0.4, -0.2) is 99.6 Å². The predicted octanol–water partition coefficient (Wildman–Crippen LogP) is 13.6. The zero-order chi connectivity index (χ0) is 53.3. The van der Waals surface area contributed by atoms with Gasteiger partial charge in [-0.15, -0.1) is 0 Å². The number of unbranched alkanes of at least 4 members (excludes halogenated alkanes) is 25. The van der Waals surface area contributed by atoms with Crippen molar-refractivity contribution in [1.29, 1.82) is 0 Å². The Kier molecular flexibility index (Phi) is 46.6. The summed E-state index contributed by atoms with van der Waals surface area (Å²) in [6, 6.07) is -1.04. The van der Waals surface area contributed by atoms with Crippen LogP contribution in [0.3, 0.4) is 0 Å². The van der Waals surface area contributed by atoms with Crippen LogP contribution in [0.1, 0.15) is 245 Å². The molecule has 1 fully saturated rings. The molecule has 1 heterocycles. The number of aliphatic hydroxyl groups is 5. The van der Waals surface area contributed by atoms with Crippen LogP contribution in [-0.2, 0) is 23.8 Å². The standard InChI is InChI=1S/C62H109NO10/c1-4-7-10-13-16-19-22-24-25-26-27-28-29-30-32-34-37-40-43-46-49-55(66)61(70)63-53(54(65)48-45-42-39-36-33-21-18-15-12-9-6-3)52-71-62-60(59(69)58(68)56(51-64)72-62)73-57(67)50-47-44-41-38-35-31-23-20-17-14-11-8-5-2/h16,19,24-25,27-28,31,35,41,44-45,48,53-56,58-60,62,64-66,68-69H,4-15,17-18,20-23,26,29-30,32-34,36-40,42-43,46-47,49-52H2,1-3H3,(H,63,70)/b19-16-,25-24-,28-27-,35-31-,44-41+,48-45+. The molecule has 1 aliphatic heterocycles. The lowest BCUT2D eigenvalue weighted by Crippen LogP contribution is -2.61. The molecule has 0 aromatic rings. The number of ether oxygens (including phenoxy) is 3. The molecule has 11 heteroatoms. The van der Waals surface area contributed by atoms with E-state index in [0.717, 1.165) is 83.5 Å². The summed E-state index contributed by atoms with van der Waals surface area (Å²) in [6.45, 7) is 5.70. The van der Waals surface area contributed by atoms with Crippen molar-refractivity contribution in [1.82, 2.24) is 5.32 Å². The Morgan fingerprint density at radius 2 is 0.945 bits per heavy atom. The topological polar surface area (TPSA) is 175 Å². The van der Waals surface area contributed by atoms with E-state index in [9.17, 15) is 35.1 Å². The summed E-state index contributed by atoms with van der Waals surface area (Å²) in [7, 11) is 0. The number of amides is 1. The van der Waals surface area contributed by atoms with Gasteiger partial charge in [-0.2, -0.15) is 0 Å². The fraction of sp³-hybridized carbons (Fsp3) is 0.774. The smallest absolute Gasteiger partial charge is 0.306 e. The van der Waals surface area contributed by atoms with Crippen molar-refractivity contribution in [3.05, 3.63) is 72.9 Å². The molecule has 1 amide bonds. The molecule has 0 radical (unpaired) electrons. The van der Waals surface area contributed by atoms with Gasteiger partial charge in [0.25, 0.3) is 0 Å². The summed E-state index contributed by atoms with van der Waals surface area (Å²) in [6.07, 6.45) is 52.4. The Labute approximate surface area is 445 Å². The van der Waals surface area contributed by atoms with Crippen molar-refractivity contribution in [2.24, 2.45) is 0 Å². The van der Waals surface area contributed by atoms with E-state index < -0.39 is 67.4 Å². The molecule has 8 unspecified atom stereocenters. The van der Waals surface area contributed by atoms with Crippen LogP contribution in [0.5, 0.6) is 0 Å². The van der Waals surface area contributed by atoms with E-state index in [0.29, 0.717) is 12.8 Å². The SMILES string of the molecule is CCCCC/C=C\C/C=C\C/C=C\CCCCCCCCCC(O)C(=O)NC(COC1OC(CO)C(O)C(O)C1OC(=O)CC/C=C/C/C=C\CCCCCCCC)C(O)/C=C/CCCCCCCCCCC. The van der Waals surface area contributed by atoms with Crippen LogP contribution in [0.2, 0.25) is 0 Å². The number of allylic oxidation sites excluding steroid dienone is 11. The fourth-order valence-electron chi connectivity index (χ4n) is 8.83. The van der Waals surface area contributed by atoms with Crippen molar-refractivity contribution < 1.29 is 49.3 Å². The average molecular weight is 1030 g/mol. The largest absolute Gasteiger partial charge is 0.454 e. The lowest BCUT2D eigenvalue weighted by Gasteiger charge is -2.41. The van der Waals surface area contributed by atoms with E-state index in [1.54, 1.807) is 6.08 Å². The minimum Gasteiger partial charge on any atom is -0.454 e. The molecule has 8 atom stereocenters. The molecule has 0 aromatic heterocycles. The van der Waals surface area contributed by atoms with Crippen LogP contribution in [0.15, 0.2) is 72.9 Å². The van der Waals surface area contributed by atoms with Crippen molar-refractivity contribution in [2.75, 3.05) is 13.2 Å². The first-order chi connectivity index (χ1) is 35.7. The Balaban J connectivity index is 2.71. The first-order valence-electron chi connectivity index (χ1n) is 29.7. The van der Waals surface area contributed by atoms with Gasteiger partial charge in [0.1, 0.15) is 24.4 Å². The average Bonchev–Trinajstić information content (AvgIpc) is 3.39. The number of esters is 1. The van der Waals surface area contributed by atoms with Gasteiger partial charge in [0.2, 0.25) is 5.91 Å². The first-order valence-corrected chi connectivity index (χ1v) is 29.7. The molecule has 0 saturated carbocycles. The lowest BCUT2D eigenvalue weighted by molar-refractivity contribution is -0.305. The maximum Gasteiger partial charge on any atom is 0.306 e. The van der Waals surface area contributed by atoms with Crippen molar-refractivity contribution in [3.63, 3.8) is 0 Å². The van der Waals surface area contributed by atoms with E-state index in [4.69, 9.17) is 14.2 Å². The van der Waals surface area contributed by atoms with Gasteiger partial charge in [0.05, 0.1) is 25.4 Å². The van der Waals surface area contributed by atoms with E-state index >= 15 is 0 Å². The van der Waals surface area contributed by atoms with Gasteiger partial charge in [0, 0.05) is 6.42 Å². The number of hydrogen-bond acceptors (Lipinski definition) is 10. The number of aliphatic hydroxyl groups excluding tert-OH is 5. The van der Waals surface area contributed by atoms with Crippen LogP contribution < -0.4 is 5.32 Å². The van der Waals surface area contributed by atoms with E-state index in [-0.39, 0.29) is 19.4 Å². The second-order valence-corrected chi connectivity index (χ2v) is 20.4. The summed E-state index contributed by atoms with van der Waals surface area (Å²) < 4.78 is 17.5. The zero-order valence-corrected chi connectivity index (χ0v) is 46.5. The highest BCUT2D eigenvalue weighted by atomic mass is 16.7. The molecule has 0 aliphatic carbocycles. The third-order valence-corrected chi connectivity index (χ3v) is 13.6. The second kappa shape index (κ2) is 49.9. The number of rotatable bonds is 49. The number of hydrogen-bond donors (Lipinski definition) is 6. The summed E-state index contributed by atoms with van der Waals surface area (Å²) in [5.74, 6) is -1.28. The van der Waals surface area contributed by atoms with E-state index in [2.05, 4.69) is 74.7 Å². The Morgan fingerprint density at radius 3 is 1.44 bits per heavy atom. The monoisotopic (exact) mass is 1030 g/mol. The number of carbonyl (C=O) groups is 2. The summed E-state index contributed by atoms with van der Waals surface area (Å²) in [5.41, 5.74) is 0. The highest BCUT2D eigenvalue weighted by Gasteiger charge is 2.47. The molecule has 422 valence electrons. The normalized spacial score (nSPS) is 19.9. The summed E-state index contributed by atoms with van der Waals surface area (Å²) in [4.78, 5) is 26.4. The zero-order valence-electron chi connectivity index (χ0n) is 46.5. The van der Waals surface area contributed by atoms with Gasteiger partial charge in [-0.25, -0.2) is 0 Å². The molecule has 1 saturated heterocycles. The van der Waals surface area contributed by atoms with Gasteiger partial charge < -0.3 is 45.1 Å². The van der Waals surface area contributed by atoms with Gasteiger partial charge in [-0.1, -0.05) is 229 Å². The molecule has 73 heavy (non-hydrogen) atoms. The first kappa shape index (κ1) is 68.1. The summed E-state index contributed by atoms with van der Waals surface area (Å²) >= 11 is 0. The van der Waals surface area contributed by atoms with Gasteiger partial charge in [-0.05, 0) is 83.5 Å². The minimum atomic E-state index is -1.64. The molecule has 11 nitrogen and oxygen atoms in total. The third-order valence-electron chi connectivity index (χ3n) is 13.6. The Bertz CT molecular complexity index is 1460. The van der Waals surface area contributed by atoms with Crippen molar-refractivity contribution in [2.45, 2.75) is 294 Å². The number of carbonyl (C=O) groups excluding carboxylic acids is 2. The maximum absolute atomic E-state index is 13.4. The van der Waals surface area contributed by atoms with Crippen LogP contribution in [0.4, 0.5) is 0 Å². The molecule has 0 bridgehead atoms. The highest BCUT2D eigenvalue weighted by Crippen LogP contribution is 2.26. The van der Waals surface area contributed by atoms with E-state index in [1.165, 1.54) is 116 Å². The Hall–Kier alpha value is -2.90. The van der Waals surface area contributed by atoms with Crippen molar-refractivity contribution >= 4 is 11.9 Å². The molecular weight excluding hydrogens is 919 g/mol. The molecular formula is C62H109NO10. The molecule has 6 N–H and O–H groups in total. The van der Waals surface area contributed by atoms with E-state index in [1.807, 2.05) is 18.2 Å².